The number of anilines is 1. The molecule has 0 saturated carbocycles. The number of rotatable bonds is 5. The maximum absolute atomic E-state index is 6.37. The van der Waals surface area contributed by atoms with Gasteiger partial charge < -0.3 is 14.6 Å². The molecule has 0 aliphatic heterocycles. The summed E-state index contributed by atoms with van der Waals surface area (Å²) in [5.41, 5.74) is 2.84. The highest BCUT2D eigenvalue weighted by Gasteiger charge is 2.19. The summed E-state index contributed by atoms with van der Waals surface area (Å²) in [6.45, 7) is 2.54. The van der Waals surface area contributed by atoms with Gasteiger partial charge in [-0.2, -0.15) is 0 Å². The van der Waals surface area contributed by atoms with Crippen molar-refractivity contribution in [2.45, 2.75) is 19.6 Å². The third-order valence-corrected chi connectivity index (χ3v) is 4.55. The Hall–Kier alpha value is -2.08. The molecule has 0 radical (unpaired) electrons. The lowest BCUT2D eigenvalue weighted by atomic mass is 10.1. The molecule has 0 fully saturated rings. The number of aryl methyl sites for hydroxylation is 1. The Bertz CT molecular complexity index is 882. The SMILES string of the molecule is Cc1ccc(NC(=S)OC(Cn2ccnc2)c2ccc(Cl)cc2Cl)cc1. The van der Waals surface area contributed by atoms with Crippen molar-refractivity contribution in [2.24, 2.45) is 0 Å². The summed E-state index contributed by atoms with van der Waals surface area (Å²) in [7, 11) is 0. The summed E-state index contributed by atoms with van der Waals surface area (Å²) in [5, 5.41) is 4.46. The van der Waals surface area contributed by atoms with Gasteiger partial charge in [-0.25, -0.2) is 4.98 Å². The van der Waals surface area contributed by atoms with Crippen molar-refractivity contribution < 1.29 is 4.74 Å². The van der Waals surface area contributed by atoms with E-state index in [9.17, 15) is 0 Å². The summed E-state index contributed by atoms with van der Waals surface area (Å²) in [6, 6.07) is 13.2. The van der Waals surface area contributed by atoms with Crippen LogP contribution in [0.2, 0.25) is 10.0 Å². The number of nitrogens with zero attached hydrogens (tertiary/aromatic N) is 2. The van der Waals surface area contributed by atoms with Crippen molar-refractivity contribution in [3.63, 3.8) is 0 Å². The molecule has 1 unspecified atom stereocenters. The fourth-order valence-corrected chi connectivity index (χ4v) is 3.23. The van der Waals surface area contributed by atoms with Crippen molar-refractivity contribution in [3.8, 4) is 0 Å². The summed E-state index contributed by atoms with van der Waals surface area (Å²) in [4.78, 5) is 4.07. The standard InChI is InChI=1S/C19H17Cl2N3OS/c1-13-2-5-15(6-3-13)23-19(26)25-18(11-24-9-8-22-12-24)16-7-4-14(20)10-17(16)21/h2-10,12,18H,11H2,1H3,(H,23,26). The summed E-state index contributed by atoms with van der Waals surface area (Å²) >= 11 is 17.8. The van der Waals surface area contributed by atoms with Gasteiger partial charge in [0.15, 0.2) is 0 Å². The molecule has 0 amide bonds. The molecule has 0 spiro atoms. The predicted molar refractivity (Wildman–Crippen MR) is 110 cm³/mol. The fraction of sp³-hybridized carbons (Fsp3) is 0.158. The number of benzene rings is 2. The molecule has 1 atom stereocenters. The van der Waals surface area contributed by atoms with Gasteiger partial charge in [0.1, 0.15) is 6.10 Å². The molecule has 3 aromatic rings. The highest BCUT2D eigenvalue weighted by atomic mass is 35.5. The molecule has 1 heterocycles. The third kappa shape index (κ3) is 4.97. The van der Waals surface area contributed by atoms with Gasteiger partial charge >= 0.3 is 0 Å². The first-order chi connectivity index (χ1) is 12.5. The fourth-order valence-electron chi connectivity index (χ4n) is 2.46. The molecule has 7 heteroatoms. The Morgan fingerprint density at radius 1 is 1.23 bits per heavy atom. The van der Waals surface area contributed by atoms with Crippen LogP contribution in [-0.2, 0) is 11.3 Å². The molecular weight excluding hydrogens is 389 g/mol. The Balaban J connectivity index is 1.78. The van der Waals surface area contributed by atoms with Gasteiger partial charge in [-0.15, -0.1) is 0 Å². The van der Waals surface area contributed by atoms with Crippen LogP contribution in [0, 0.1) is 6.92 Å². The van der Waals surface area contributed by atoms with Crippen LogP contribution in [0.25, 0.3) is 0 Å². The average Bonchev–Trinajstić information content (AvgIpc) is 3.09. The average molecular weight is 406 g/mol. The minimum atomic E-state index is -0.389. The second kappa shape index (κ2) is 8.54. The molecule has 26 heavy (non-hydrogen) atoms. The van der Waals surface area contributed by atoms with Crippen molar-refractivity contribution in [1.82, 2.24) is 9.55 Å². The van der Waals surface area contributed by atoms with E-state index in [-0.39, 0.29) is 11.3 Å². The lowest BCUT2D eigenvalue weighted by molar-refractivity contribution is 0.175. The van der Waals surface area contributed by atoms with E-state index in [0.717, 1.165) is 11.3 Å². The van der Waals surface area contributed by atoms with E-state index >= 15 is 0 Å². The summed E-state index contributed by atoms with van der Waals surface area (Å²) in [5.74, 6) is 0. The first-order valence-electron chi connectivity index (χ1n) is 7.96. The third-order valence-electron chi connectivity index (χ3n) is 3.79. The minimum absolute atomic E-state index is 0.269. The number of imidazole rings is 1. The van der Waals surface area contributed by atoms with Gasteiger partial charge in [-0.3, -0.25) is 0 Å². The Morgan fingerprint density at radius 3 is 2.65 bits per heavy atom. The zero-order valence-corrected chi connectivity index (χ0v) is 16.4. The predicted octanol–water partition coefficient (Wildman–Crippen LogP) is 5.65. The van der Waals surface area contributed by atoms with Gasteiger partial charge in [0.2, 0.25) is 0 Å². The van der Waals surface area contributed by atoms with E-state index in [0.29, 0.717) is 16.6 Å². The van der Waals surface area contributed by atoms with Crippen molar-refractivity contribution in [2.75, 3.05) is 5.32 Å². The van der Waals surface area contributed by atoms with Crippen LogP contribution < -0.4 is 5.32 Å². The Kier molecular flexibility index (Phi) is 6.14. The van der Waals surface area contributed by atoms with Gasteiger partial charge in [0.25, 0.3) is 5.17 Å². The number of halogens is 2. The summed E-state index contributed by atoms with van der Waals surface area (Å²) in [6.07, 6.45) is 4.90. The number of aromatic nitrogens is 2. The minimum Gasteiger partial charge on any atom is -0.461 e. The second-order valence-corrected chi connectivity index (χ2v) is 7.02. The van der Waals surface area contributed by atoms with Crippen molar-refractivity contribution in [3.05, 3.63) is 82.4 Å². The van der Waals surface area contributed by atoms with Crippen molar-refractivity contribution in [1.29, 1.82) is 0 Å². The lowest BCUT2D eigenvalue weighted by Crippen LogP contribution is -2.20. The molecule has 2 aromatic carbocycles. The van der Waals surface area contributed by atoms with E-state index in [1.54, 1.807) is 24.7 Å². The Morgan fingerprint density at radius 2 is 2.00 bits per heavy atom. The van der Waals surface area contributed by atoms with E-state index < -0.39 is 0 Å². The van der Waals surface area contributed by atoms with E-state index in [2.05, 4.69) is 10.3 Å². The maximum atomic E-state index is 6.37. The van der Waals surface area contributed by atoms with Crippen LogP contribution in [0.5, 0.6) is 0 Å². The molecule has 0 saturated heterocycles. The highest BCUT2D eigenvalue weighted by molar-refractivity contribution is 7.80. The van der Waals surface area contributed by atoms with Crippen molar-refractivity contribution >= 4 is 46.3 Å². The molecule has 0 aliphatic carbocycles. The summed E-state index contributed by atoms with van der Waals surface area (Å²) < 4.78 is 7.92. The van der Waals surface area contributed by atoms with Gasteiger partial charge in [-0.1, -0.05) is 47.0 Å². The first-order valence-corrected chi connectivity index (χ1v) is 9.12. The second-order valence-electron chi connectivity index (χ2n) is 5.81. The smallest absolute Gasteiger partial charge is 0.261 e. The van der Waals surface area contributed by atoms with Crippen LogP contribution in [0.1, 0.15) is 17.2 Å². The largest absolute Gasteiger partial charge is 0.461 e. The van der Waals surface area contributed by atoms with Gasteiger partial charge in [0, 0.05) is 33.7 Å². The van der Waals surface area contributed by atoms with Crippen LogP contribution in [0.3, 0.4) is 0 Å². The van der Waals surface area contributed by atoms with Crippen LogP contribution in [0.4, 0.5) is 5.69 Å². The number of nitrogens with one attached hydrogen (secondary N) is 1. The lowest BCUT2D eigenvalue weighted by Gasteiger charge is -2.22. The molecule has 1 aromatic heterocycles. The highest BCUT2D eigenvalue weighted by Crippen LogP contribution is 2.30. The first kappa shape index (κ1) is 18.7. The topological polar surface area (TPSA) is 39.1 Å². The van der Waals surface area contributed by atoms with Gasteiger partial charge in [0.05, 0.1) is 12.9 Å². The quantitative estimate of drug-likeness (QED) is 0.556. The normalized spacial score (nSPS) is 11.8. The molecule has 0 bridgehead atoms. The number of thiocarbonyl (C=S) groups is 1. The zero-order valence-electron chi connectivity index (χ0n) is 14.0. The monoisotopic (exact) mass is 405 g/mol. The van der Waals surface area contributed by atoms with Crippen LogP contribution in [-0.4, -0.2) is 14.7 Å². The van der Waals surface area contributed by atoms with E-state index in [1.807, 2.05) is 48.0 Å². The van der Waals surface area contributed by atoms with Crippen LogP contribution >= 0.6 is 35.4 Å². The number of ether oxygens (including phenoxy) is 1. The molecule has 4 nitrogen and oxygen atoms in total. The molecule has 0 aliphatic rings. The van der Waals surface area contributed by atoms with Gasteiger partial charge in [-0.05, 0) is 43.4 Å². The van der Waals surface area contributed by atoms with E-state index in [4.69, 9.17) is 40.2 Å². The van der Waals surface area contributed by atoms with Crippen LogP contribution in [0.15, 0.2) is 61.2 Å². The Labute approximate surface area is 167 Å². The maximum Gasteiger partial charge on any atom is 0.261 e. The molecule has 1 N–H and O–H groups in total. The molecule has 3 rings (SSSR count). The molecule has 134 valence electrons. The van der Waals surface area contributed by atoms with E-state index in [1.165, 1.54) is 5.56 Å². The number of hydrogen-bond donors (Lipinski definition) is 1. The molecular formula is C19H17Cl2N3OS. The number of hydrogen-bond acceptors (Lipinski definition) is 3. The zero-order chi connectivity index (χ0) is 18.5.